The molecule has 0 aliphatic carbocycles. The van der Waals surface area contributed by atoms with Crippen molar-refractivity contribution in [3.8, 4) is 5.75 Å². The number of piperazine rings is 1. The van der Waals surface area contributed by atoms with E-state index in [0.29, 0.717) is 12.1 Å². The van der Waals surface area contributed by atoms with Crippen molar-refractivity contribution in [1.29, 1.82) is 0 Å². The molecule has 160 valence electrons. The van der Waals surface area contributed by atoms with Crippen molar-refractivity contribution >= 4 is 28.8 Å². The minimum Gasteiger partial charge on any atom is -0.496 e. The van der Waals surface area contributed by atoms with E-state index in [0.717, 1.165) is 25.4 Å². The van der Waals surface area contributed by atoms with Crippen molar-refractivity contribution < 1.29 is 9.84 Å². The predicted molar refractivity (Wildman–Crippen MR) is 124 cm³/mol. The monoisotopic (exact) mass is 425 g/mol. The highest BCUT2D eigenvalue weighted by atomic mass is 32.2. The molecule has 3 aliphatic rings. The number of nitrogens with one attached hydrogen (secondary N) is 1. The zero-order valence-electron chi connectivity index (χ0n) is 18.3. The third-order valence-electron chi connectivity index (χ3n) is 7.18. The largest absolute Gasteiger partial charge is 0.496 e. The van der Waals surface area contributed by atoms with Gasteiger partial charge in [0.1, 0.15) is 5.75 Å². The fourth-order valence-corrected chi connectivity index (χ4v) is 6.69. The summed E-state index contributed by atoms with van der Waals surface area (Å²) in [6, 6.07) is 7.97. The molecule has 3 aliphatic heterocycles. The maximum absolute atomic E-state index is 9.40. The Bertz CT molecular complexity index is 979. The van der Waals surface area contributed by atoms with Crippen molar-refractivity contribution in [3.63, 3.8) is 0 Å². The highest BCUT2D eigenvalue weighted by molar-refractivity contribution is 7.99. The summed E-state index contributed by atoms with van der Waals surface area (Å²) in [5, 5.41) is 13.1. The molecule has 2 atom stereocenters. The van der Waals surface area contributed by atoms with Crippen molar-refractivity contribution in [3.05, 3.63) is 34.9 Å². The lowest BCUT2D eigenvalue weighted by Gasteiger charge is -2.42. The summed E-state index contributed by atoms with van der Waals surface area (Å²) in [6.07, 6.45) is 2.49. The predicted octanol–water partition coefficient (Wildman–Crippen LogP) is 4.47. The molecule has 2 bridgehead atoms. The van der Waals surface area contributed by atoms with Gasteiger partial charge in [-0.3, -0.25) is 4.90 Å². The van der Waals surface area contributed by atoms with Gasteiger partial charge in [-0.1, -0.05) is 11.8 Å². The molecule has 0 amide bonds. The summed E-state index contributed by atoms with van der Waals surface area (Å²) in [4.78, 5) is 7.61. The summed E-state index contributed by atoms with van der Waals surface area (Å²) < 4.78 is 5.72. The van der Waals surface area contributed by atoms with E-state index in [1.54, 1.807) is 7.11 Å². The molecule has 30 heavy (non-hydrogen) atoms. The molecule has 2 unspecified atom stereocenters. The standard InChI is InChI=1S/C24H31N3O2S/c1-14-15(2)23(29-4)16(3)24-22(14)25-20-8-7-17(11-21(20)30-24)26-12-18-5-6-19(13-26)27(18)9-10-28/h7-8,11,18-19,25,28H,5-6,9-10,12-13H2,1-4H3. The topological polar surface area (TPSA) is 48.0 Å². The highest BCUT2D eigenvalue weighted by Crippen LogP contribution is 2.51. The van der Waals surface area contributed by atoms with Crippen LogP contribution in [0.25, 0.3) is 0 Å². The molecule has 2 aromatic carbocycles. The van der Waals surface area contributed by atoms with Crippen LogP contribution in [0.3, 0.4) is 0 Å². The molecule has 2 N–H and O–H groups in total. The quantitative estimate of drug-likeness (QED) is 0.643. The second kappa shape index (κ2) is 7.66. The van der Waals surface area contributed by atoms with E-state index < -0.39 is 0 Å². The maximum Gasteiger partial charge on any atom is 0.126 e. The number of anilines is 3. The Morgan fingerprint density at radius 1 is 1.10 bits per heavy atom. The summed E-state index contributed by atoms with van der Waals surface area (Å²) in [7, 11) is 1.76. The molecule has 5 nitrogen and oxygen atoms in total. The molecule has 5 rings (SSSR count). The Labute approximate surface area is 183 Å². The molecular formula is C24H31N3O2S. The second-order valence-electron chi connectivity index (χ2n) is 8.77. The van der Waals surface area contributed by atoms with Crippen LogP contribution in [0.4, 0.5) is 17.1 Å². The molecule has 0 spiro atoms. The number of hydrogen-bond donors (Lipinski definition) is 2. The van der Waals surface area contributed by atoms with Crippen molar-refractivity contribution in [2.75, 3.05) is 43.6 Å². The first-order valence-electron chi connectivity index (χ1n) is 10.9. The molecule has 2 aromatic rings. The van der Waals surface area contributed by atoms with Gasteiger partial charge in [0.2, 0.25) is 0 Å². The number of methoxy groups -OCH3 is 1. The van der Waals surface area contributed by atoms with E-state index in [2.05, 4.69) is 54.1 Å². The van der Waals surface area contributed by atoms with E-state index in [4.69, 9.17) is 4.74 Å². The van der Waals surface area contributed by atoms with Gasteiger partial charge in [-0.25, -0.2) is 0 Å². The van der Waals surface area contributed by atoms with E-state index in [9.17, 15) is 5.11 Å². The Hall–Kier alpha value is -1.89. The lowest BCUT2D eigenvalue weighted by atomic mass is 10.0. The number of fused-ring (bicyclic) bond motifs is 4. The highest BCUT2D eigenvalue weighted by Gasteiger charge is 2.39. The van der Waals surface area contributed by atoms with E-state index in [-0.39, 0.29) is 6.61 Å². The molecule has 3 heterocycles. The van der Waals surface area contributed by atoms with Crippen LogP contribution >= 0.6 is 11.8 Å². The van der Waals surface area contributed by atoms with Gasteiger partial charge < -0.3 is 20.1 Å². The van der Waals surface area contributed by atoms with Gasteiger partial charge in [0.15, 0.2) is 0 Å². The van der Waals surface area contributed by atoms with Gasteiger partial charge in [0.05, 0.1) is 25.1 Å². The second-order valence-corrected chi connectivity index (χ2v) is 9.82. The third kappa shape index (κ3) is 3.08. The van der Waals surface area contributed by atoms with E-state index in [1.165, 1.54) is 56.4 Å². The van der Waals surface area contributed by atoms with E-state index >= 15 is 0 Å². The Morgan fingerprint density at radius 3 is 2.50 bits per heavy atom. The zero-order valence-corrected chi connectivity index (χ0v) is 19.1. The number of rotatable bonds is 4. The molecule has 6 heteroatoms. The fraction of sp³-hybridized carbons (Fsp3) is 0.500. The van der Waals surface area contributed by atoms with Gasteiger partial charge in [0.25, 0.3) is 0 Å². The van der Waals surface area contributed by atoms with Crippen LogP contribution in [0.15, 0.2) is 28.0 Å². The molecule has 2 fully saturated rings. The maximum atomic E-state index is 9.40. The molecule has 0 radical (unpaired) electrons. The number of benzene rings is 2. The number of hydrogen-bond acceptors (Lipinski definition) is 6. The van der Waals surface area contributed by atoms with Crippen LogP contribution in [0.2, 0.25) is 0 Å². The zero-order chi connectivity index (χ0) is 21.0. The first-order valence-corrected chi connectivity index (χ1v) is 11.7. The van der Waals surface area contributed by atoms with Crippen molar-refractivity contribution in [1.82, 2.24) is 4.90 Å². The molecule has 0 aromatic heterocycles. The minimum atomic E-state index is 0.259. The first kappa shape index (κ1) is 20.0. The van der Waals surface area contributed by atoms with Gasteiger partial charge in [0, 0.05) is 52.8 Å². The number of aliphatic hydroxyl groups is 1. The molecular weight excluding hydrogens is 394 g/mol. The van der Waals surface area contributed by atoms with Gasteiger partial charge >= 0.3 is 0 Å². The fourth-order valence-electron chi connectivity index (χ4n) is 5.51. The number of aliphatic hydroxyl groups excluding tert-OH is 1. The van der Waals surface area contributed by atoms with Crippen LogP contribution in [0.1, 0.15) is 29.5 Å². The molecule has 0 saturated carbocycles. The summed E-state index contributed by atoms with van der Waals surface area (Å²) in [5.41, 5.74) is 7.38. The third-order valence-corrected chi connectivity index (χ3v) is 8.46. The van der Waals surface area contributed by atoms with Gasteiger partial charge in [-0.2, -0.15) is 0 Å². The normalized spacial score (nSPS) is 22.5. The SMILES string of the molecule is COc1c(C)c(C)c2c(c1C)Sc1cc(N3CC4CCC(C3)N4CCO)ccc1N2. The number of ether oxygens (including phenoxy) is 1. The lowest BCUT2D eigenvalue weighted by molar-refractivity contribution is 0.131. The van der Waals surface area contributed by atoms with Crippen molar-refractivity contribution in [2.45, 2.75) is 55.5 Å². The smallest absolute Gasteiger partial charge is 0.126 e. The summed E-state index contributed by atoms with van der Waals surface area (Å²) >= 11 is 1.85. The van der Waals surface area contributed by atoms with Crippen LogP contribution in [0.5, 0.6) is 5.75 Å². The minimum absolute atomic E-state index is 0.259. The van der Waals surface area contributed by atoms with Crippen LogP contribution in [-0.2, 0) is 0 Å². The Kier molecular flexibility index (Phi) is 5.12. The van der Waals surface area contributed by atoms with Gasteiger partial charge in [-0.15, -0.1) is 0 Å². The van der Waals surface area contributed by atoms with Gasteiger partial charge in [-0.05, 0) is 62.9 Å². The average molecular weight is 426 g/mol. The summed E-state index contributed by atoms with van der Waals surface area (Å²) in [6.45, 7) is 9.64. The lowest BCUT2D eigenvalue weighted by Crippen LogP contribution is -2.54. The van der Waals surface area contributed by atoms with Crippen LogP contribution < -0.4 is 15.0 Å². The first-order chi connectivity index (χ1) is 14.5. The van der Waals surface area contributed by atoms with Crippen molar-refractivity contribution in [2.24, 2.45) is 0 Å². The molecule has 2 saturated heterocycles. The Morgan fingerprint density at radius 2 is 1.83 bits per heavy atom. The average Bonchev–Trinajstić information content (AvgIpc) is 2.98. The number of nitrogens with zero attached hydrogens (tertiary/aromatic N) is 2. The van der Waals surface area contributed by atoms with Crippen LogP contribution in [0, 0.1) is 20.8 Å². The van der Waals surface area contributed by atoms with Crippen LogP contribution in [-0.4, -0.2) is 55.4 Å². The Balaban J connectivity index is 1.44. The summed E-state index contributed by atoms with van der Waals surface area (Å²) in [5.74, 6) is 0.997. The van der Waals surface area contributed by atoms with E-state index in [1.807, 2.05) is 11.8 Å².